The quantitative estimate of drug-likeness (QED) is 0.896. The van der Waals surface area contributed by atoms with E-state index in [0.29, 0.717) is 11.7 Å². The number of carbonyl (C=O) groups is 1. The van der Waals surface area contributed by atoms with Crippen molar-refractivity contribution < 1.29 is 4.79 Å². The van der Waals surface area contributed by atoms with Gasteiger partial charge in [0.1, 0.15) is 5.01 Å². The van der Waals surface area contributed by atoms with E-state index in [-0.39, 0.29) is 11.6 Å². The molecule has 0 bridgehead atoms. The van der Waals surface area contributed by atoms with Crippen molar-refractivity contribution in [1.29, 1.82) is 0 Å². The molecule has 6 nitrogen and oxygen atoms in total. The molecule has 2 amide bonds. The van der Waals surface area contributed by atoms with Gasteiger partial charge in [-0.1, -0.05) is 18.3 Å². The second kappa shape index (κ2) is 6.70. The lowest BCUT2D eigenvalue weighted by molar-refractivity contribution is 0.0728. The number of aryl methyl sites for hydroxylation is 1. The molecule has 1 atom stereocenters. The maximum atomic E-state index is 11.9. The topological polar surface area (TPSA) is 70.1 Å². The fraction of sp³-hybridized carbons (Fsp3) is 0.786. The molecular weight excluding hydrogens is 286 g/mol. The van der Waals surface area contributed by atoms with Crippen molar-refractivity contribution in [2.24, 2.45) is 5.92 Å². The minimum Gasteiger partial charge on any atom is -0.336 e. The normalized spacial score (nSPS) is 20.3. The van der Waals surface area contributed by atoms with Crippen LogP contribution in [0, 0.1) is 12.8 Å². The predicted molar refractivity (Wildman–Crippen MR) is 85.7 cm³/mol. The molecule has 1 aliphatic heterocycles. The molecule has 2 rings (SSSR count). The Balaban J connectivity index is 1.81. The van der Waals surface area contributed by atoms with Crippen LogP contribution >= 0.6 is 11.3 Å². The van der Waals surface area contributed by atoms with E-state index >= 15 is 0 Å². The molecule has 1 aliphatic rings. The highest BCUT2D eigenvalue weighted by Gasteiger charge is 2.30. The van der Waals surface area contributed by atoms with E-state index in [9.17, 15) is 4.79 Å². The first-order valence-electron chi connectivity index (χ1n) is 7.47. The average Bonchev–Trinajstić information content (AvgIpc) is 2.82. The second-order valence-electron chi connectivity index (χ2n) is 6.44. The van der Waals surface area contributed by atoms with Gasteiger partial charge < -0.3 is 5.32 Å². The van der Waals surface area contributed by atoms with Crippen LogP contribution in [0.3, 0.4) is 0 Å². The minimum absolute atomic E-state index is 0.0386. The van der Waals surface area contributed by atoms with Gasteiger partial charge in [0.25, 0.3) is 0 Å². The number of rotatable bonds is 4. The fourth-order valence-corrected chi connectivity index (χ4v) is 3.22. The van der Waals surface area contributed by atoms with Crippen molar-refractivity contribution in [3.63, 3.8) is 0 Å². The zero-order valence-electron chi connectivity index (χ0n) is 13.3. The van der Waals surface area contributed by atoms with E-state index in [1.807, 2.05) is 6.92 Å². The van der Waals surface area contributed by atoms with E-state index in [1.165, 1.54) is 24.2 Å². The number of urea groups is 1. The van der Waals surface area contributed by atoms with Crippen LogP contribution < -0.4 is 10.6 Å². The van der Waals surface area contributed by atoms with Gasteiger partial charge in [-0.05, 0) is 46.1 Å². The molecule has 0 spiro atoms. The number of amides is 2. The Kier molecular flexibility index (Phi) is 5.16. The van der Waals surface area contributed by atoms with E-state index in [1.54, 1.807) is 0 Å². The summed E-state index contributed by atoms with van der Waals surface area (Å²) < 4.78 is 0. The van der Waals surface area contributed by atoms with Crippen molar-refractivity contribution >= 4 is 22.5 Å². The Bertz CT molecular complexity index is 487. The zero-order chi connectivity index (χ0) is 15.5. The molecule has 1 aromatic rings. The summed E-state index contributed by atoms with van der Waals surface area (Å²) in [6, 6.07) is -0.218. The van der Waals surface area contributed by atoms with Crippen LogP contribution in [0.2, 0.25) is 0 Å². The van der Waals surface area contributed by atoms with Gasteiger partial charge in [-0.15, -0.1) is 10.2 Å². The van der Waals surface area contributed by atoms with Crippen molar-refractivity contribution in [3.8, 4) is 0 Å². The van der Waals surface area contributed by atoms with Crippen molar-refractivity contribution in [3.05, 3.63) is 5.01 Å². The third-order valence-corrected chi connectivity index (χ3v) is 4.70. The van der Waals surface area contributed by atoms with Crippen LogP contribution in [0.15, 0.2) is 0 Å². The van der Waals surface area contributed by atoms with Crippen LogP contribution in [0.5, 0.6) is 0 Å². The average molecular weight is 311 g/mol. The number of nitrogens with zero attached hydrogens (tertiary/aromatic N) is 3. The molecule has 1 saturated heterocycles. The zero-order valence-corrected chi connectivity index (χ0v) is 14.1. The van der Waals surface area contributed by atoms with Crippen molar-refractivity contribution in [2.45, 2.75) is 46.1 Å². The van der Waals surface area contributed by atoms with E-state index < -0.39 is 0 Å². The summed E-state index contributed by atoms with van der Waals surface area (Å²) in [7, 11) is 0. The van der Waals surface area contributed by atoms with Gasteiger partial charge in [-0.2, -0.15) is 0 Å². The van der Waals surface area contributed by atoms with Crippen LogP contribution in [0.25, 0.3) is 0 Å². The lowest BCUT2D eigenvalue weighted by Crippen LogP contribution is -2.55. The number of aromatic nitrogens is 2. The van der Waals surface area contributed by atoms with Crippen LogP contribution in [0.1, 0.15) is 38.6 Å². The highest BCUT2D eigenvalue weighted by atomic mass is 32.1. The van der Waals surface area contributed by atoms with Gasteiger partial charge in [0.2, 0.25) is 5.13 Å². The third kappa shape index (κ3) is 4.64. The summed E-state index contributed by atoms with van der Waals surface area (Å²) in [6.07, 6.45) is 2.54. The summed E-state index contributed by atoms with van der Waals surface area (Å²) in [5.74, 6) is 0.733. The molecule has 1 unspecified atom stereocenters. The second-order valence-corrected chi connectivity index (χ2v) is 7.62. The van der Waals surface area contributed by atoms with Gasteiger partial charge in [0.15, 0.2) is 0 Å². The monoisotopic (exact) mass is 311 g/mol. The van der Waals surface area contributed by atoms with Gasteiger partial charge in [-0.3, -0.25) is 10.2 Å². The molecule has 21 heavy (non-hydrogen) atoms. The summed E-state index contributed by atoms with van der Waals surface area (Å²) in [4.78, 5) is 14.4. The van der Waals surface area contributed by atoms with E-state index in [0.717, 1.165) is 24.0 Å². The molecular formula is C14H25N5OS. The Morgan fingerprint density at radius 2 is 2.24 bits per heavy atom. The summed E-state index contributed by atoms with van der Waals surface area (Å²) in [5.41, 5.74) is -0.0386. The van der Waals surface area contributed by atoms with Crippen molar-refractivity contribution in [1.82, 2.24) is 20.4 Å². The minimum atomic E-state index is -0.218. The number of likely N-dealkylation sites (tertiary alicyclic amines) is 1. The fourth-order valence-electron chi connectivity index (χ4n) is 2.64. The maximum absolute atomic E-state index is 11.9. The van der Waals surface area contributed by atoms with Crippen LogP contribution in [-0.2, 0) is 0 Å². The lowest BCUT2D eigenvalue weighted by Gasteiger charge is -2.43. The Morgan fingerprint density at radius 1 is 1.48 bits per heavy atom. The molecule has 0 aliphatic carbocycles. The standard InChI is InChI=1S/C14H25N5OS/c1-10-6-5-7-19(8-10)14(3,4)9-15-12(20)16-13-18-17-11(2)21-13/h10H,5-9H2,1-4H3,(H2,15,16,18,20). The lowest BCUT2D eigenvalue weighted by atomic mass is 9.93. The van der Waals surface area contributed by atoms with Crippen LogP contribution in [0.4, 0.5) is 9.93 Å². The summed E-state index contributed by atoms with van der Waals surface area (Å²) >= 11 is 1.37. The molecule has 1 aromatic heterocycles. The number of nitrogens with one attached hydrogen (secondary N) is 2. The summed E-state index contributed by atoms with van der Waals surface area (Å²) in [5, 5.41) is 14.8. The third-order valence-electron chi connectivity index (χ3n) is 3.94. The number of hydrogen-bond donors (Lipinski definition) is 2. The van der Waals surface area contributed by atoms with Crippen molar-refractivity contribution in [2.75, 3.05) is 25.0 Å². The largest absolute Gasteiger partial charge is 0.336 e. The predicted octanol–water partition coefficient (Wildman–Crippen LogP) is 2.48. The molecule has 0 radical (unpaired) electrons. The maximum Gasteiger partial charge on any atom is 0.321 e. The molecule has 118 valence electrons. The number of anilines is 1. The number of carbonyl (C=O) groups excluding carboxylic acids is 1. The molecule has 1 fully saturated rings. The molecule has 0 aromatic carbocycles. The first-order valence-corrected chi connectivity index (χ1v) is 8.28. The molecule has 0 saturated carbocycles. The van der Waals surface area contributed by atoms with Crippen LogP contribution in [-0.4, -0.2) is 46.3 Å². The smallest absolute Gasteiger partial charge is 0.321 e. The van der Waals surface area contributed by atoms with Gasteiger partial charge in [0, 0.05) is 18.6 Å². The Labute approximate surface area is 130 Å². The Morgan fingerprint density at radius 3 is 2.86 bits per heavy atom. The first-order chi connectivity index (χ1) is 9.87. The van der Waals surface area contributed by atoms with E-state index in [2.05, 4.69) is 46.5 Å². The first kappa shape index (κ1) is 16.2. The van der Waals surface area contributed by atoms with E-state index in [4.69, 9.17) is 0 Å². The van der Waals surface area contributed by atoms with Gasteiger partial charge in [0.05, 0.1) is 0 Å². The Hall–Kier alpha value is -1.21. The molecule has 7 heteroatoms. The highest BCUT2D eigenvalue weighted by Crippen LogP contribution is 2.23. The number of piperidine rings is 1. The molecule has 2 N–H and O–H groups in total. The van der Waals surface area contributed by atoms with Gasteiger partial charge in [-0.25, -0.2) is 4.79 Å². The molecule has 2 heterocycles. The SMILES string of the molecule is Cc1nnc(NC(=O)NCC(C)(C)N2CCCC(C)C2)s1. The highest BCUT2D eigenvalue weighted by molar-refractivity contribution is 7.15. The van der Waals surface area contributed by atoms with Gasteiger partial charge >= 0.3 is 6.03 Å². The summed E-state index contributed by atoms with van der Waals surface area (Å²) in [6.45, 7) is 11.3. The number of hydrogen-bond acceptors (Lipinski definition) is 5.